The van der Waals surface area contributed by atoms with Crippen LogP contribution in [-0.2, 0) is 14.3 Å². The van der Waals surface area contributed by atoms with Gasteiger partial charge in [-0.25, -0.2) is 0 Å². The number of esters is 1. The first-order valence-electron chi connectivity index (χ1n) is 29.8. The second kappa shape index (κ2) is 55.5. The first kappa shape index (κ1) is 63.9. The number of rotatable bonds is 56. The van der Waals surface area contributed by atoms with E-state index in [1.54, 1.807) is 0 Å². The molecule has 0 radical (unpaired) electrons. The highest BCUT2D eigenvalue weighted by Gasteiger charge is 2.20. The fraction of sp³-hybridized carbons (Fsp3) is 0.966. The fourth-order valence-electron chi connectivity index (χ4n) is 9.58. The molecule has 65 heavy (non-hydrogen) atoms. The van der Waals surface area contributed by atoms with Crippen LogP contribution in [0.15, 0.2) is 0 Å². The van der Waals surface area contributed by atoms with Gasteiger partial charge in [-0.1, -0.05) is 303 Å². The van der Waals surface area contributed by atoms with Gasteiger partial charge in [0.05, 0.1) is 25.4 Å². The van der Waals surface area contributed by atoms with Gasteiger partial charge in [-0.3, -0.25) is 9.59 Å². The second-order valence-electron chi connectivity index (χ2n) is 20.7. The molecule has 0 aromatic rings. The smallest absolute Gasteiger partial charge is 0.305 e. The molecule has 388 valence electrons. The summed E-state index contributed by atoms with van der Waals surface area (Å²) in [5.74, 6) is -0.0173. The maximum atomic E-state index is 12.4. The highest BCUT2D eigenvalue weighted by Crippen LogP contribution is 2.18. The van der Waals surface area contributed by atoms with Gasteiger partial charge >= 0.3 is 5.97 Å². The summed E-state index contributed by atoms with van der Waals surface area (Å²) in [6, 6.07) is -0.539. The van der Waals surface area contributed by atoms with Gasteiger partial charge in [0.25, 0.3) is 0 Å². The van der Waals surface area contributed by atoms with E-state index in [4.69, 9.17) is 4.74 Å². The number of unbranched alkanes of at least 4 members (excludes halogenated alkanes) is 45. The second-order valence-corrected chi connectivity index (χ2v) is 20.7. The maximum absolute atomic E-state index is 12.4. The number of aliphatic hydroxyl groups excluding tert-OH is 2. The Labute approximate surface area is 406 Å². The third kappa shape index (κ3) is 52.1. The molecule has 0 aromatic heterocycles. The molecule has 0 fully saturated rings. The lowest BCUT2D eigenvalue weighted by molar-refractivity contribution is -0.143. The number of nitrogens with one attached hydrogen (secondary N) is 1. The van der Waals surface area contributed by atoms with Crippen molar-refractivity contribution in [1.82, 2.24) is 5.32 Å². The lowest BCUT2D eigenvalue weighted by atomic mass is 10.0. The first-order valence-corrected chi connectivity index (χ1v) is 29.8. The molecule has 0 aromatic carbocycles. The molecule has 0 aliphatic rings. The number of hydrogen-bond acceptors (Lipinski definition) is 5. The van der Waals surface area contributed by atoms with Crippen LogP contribution in [0.3, 0.4) is 0 Å². The normalized spacial score (nSPS) is 12.5. The lowest BCUT2D eigenvalue weighted by Crippen LogP contribution is -2.45. The largest absolute Gasteiger partial charge is 0.466 e. The van der Waals surface area contributed by atoms with Gasteiger partial charge < -0.3 is 20.3 Å². The topological polar surface area (TPSA) is 95.9 Å². The minimum Gasteiger partial charge on any atom is -0.466 e. The molecular weight excluding hydrogens is 803 g/mol. The van der Waals surface area contributed by atoms with Gasteiger partial charge in [0.2, 0.25) is 5.91 Å². The van der Waals surface area contributed by atoms with Crippen LogP contribution in [0.2, 0.25) is 0 Å². The zero-order valence-corrected chi connectivity index (χ0v) is 44.3. The lowest BCUT2D eigenvalue weighted by Gasteiger charge is -2.22. The molecule has 0 saturated heterocycles. The maximum Gasteiger partial charge on any atom is 0.305 e. The number of hydrogen-bond donors (Lipinski definition) is 3. The van der Waals surface area contributed by atoms with E-state index >= 15 is 0 Å². The van der Waals surface area contributed by atoms with Crippen LogP contribution in [0.1, 0.15) is 341 Å². The van der Waals surface area contributed by atoms with Crippen LogP contribution in [0.25, 0.3) is 0 Å². The van der Waals surface area contributed by atoms with Crippen molar-refractivity contribution in [2.45, 2.75) is 353 Å². The van der Waals surface area contributed by atoms with E-state index < -0.39 is 12.1 Å². The van der Waals surface area contributed by atoms with E-state index in [9.17, 15) is 19.8 Å². The standard InChI is InChI=1S/C59H117NO5/c1-3-5-7-9-11-13-15-17-29-33-37-41-45-49-53-59(64)65-54-50-46-42-38-34-30-27-25-23-21-19-18-20-22-24-26-28-32-36-40-44-48-52-58(63)60-56(55-61)57(62)51-47-43-39-35-31-16-14-12-10-8-6-4-2/h56-57,61-62H,3-55H2,1-2H3,(H,60,63). The Morgan fingerprint density at radius 1 is 0.369 bits per heavy atom. The first-order chi connectivity index (χ1) is 32.0. The van der Waals surface area contributed by atoms with Crippen molar-refractivity contribution >= 4 is 11.9 Å². The number of aliphatic hydroxyl groups is 2. The Morgan fingerprint density at radius 2 is 0.631 bits per heavy atom. The fourth-order valence-corrected chi connectivity index (χ4v) is 9.58. The molecule has 3 N–H and O–H groups in total. The third-order valence-electron chi connectivity index (χ3n) is 14.2. The highest BCUT2D eigenvalue weighted by molar-refractivity contribution is 5.76. The van der Waals surface area contributed by atoms with Gasteiger partial charge in [-0.05, 0) is 25.7 Å². The quantitative estimate of drug-likeness (QED) is 0.0417. The van der Waals surface area contributed by atoms with E-state index in [2.05, 4.69) is 19.2 Å². The summed E-state index contributed by atoms with van der Waals surface area (Å²) in [6.07, 6.45) is 63.9. The predicted molar refractivity (Wildman–Crippen MR) is 283 cm³/mol. The molecule has 0 heterocycles. The summed E-state index contributed by atoms with van der Waals surface area (Å²) in [5, 5.41) is 23.2. The van der Waals surface area contributed by atoms with Gasteiger partial charge in [0, 0.05) is 12.8 Å². The van der Waals surface area contributed by atoms with E-state index in [0.29, 0.717) is 25.9 Å². The summed E-state index contributed by atoms with van der Waals surface area (Å²) in [7, 11) is 0. The monoisotopic (exact) mass is 920 g/mol. The molecule has 6 nitrogen and oxygen atoms in total. The van der Waals surface area contributed by atoms with Crippen molar-refractivity contribution in [2.75, 3.05) is 13.2 Å². The highest BCUT2D eigenvalue weighted by atomic mass is 16.5. The molecular formula is C59H117NO5. The van der Waals surface area contributed by atoms with Gasteiger partial charge in [-0.2, -0.15) is 0 Å². The molecule has 0 aliphatic carbocycles. The van der Waals surface area contributed by atoms with E-state index in [0.717, 1.165) is 38.5 Å². The number of carbonyl (C=O) groups excluding carboxylic acids is 2. The molecule has 0 bridgehead atoms. The van der Waals surface area contributed by atoms with Crippen LogP contribution in [0.5, 0.6) is 0 Å². The average Bonchev–Trinajstić information content (AvgIpc) is 3.31. The van der Waals surface area contributed by atoms with Crippen LogP contribution in [0, 0.1) is 0 Å². The summed E-state index contributed by atoms with van der Waals surface area (Å²) >= 11 is 0. The van der Waals surface area contributed by atoms with E-state index in [1.165, 1.54) is 270 Å². The zero-order valence-electron chi connectivity index (χ0n) is 44.3. The molecule has 2 unspecified atom stereocenters. The Hall–Kier alpha value is -1.14. The number of ether oxygens (including phenoxy) is 1. The summed E-state index contributed by atoms with van der Waals surface area (Å²) in [5.41, 5.74) is 0. The molecule has 0 aliphatic heterocycles. The molecule has 2 atom stereocenters. The number of carbonyl (C=O) groups is 2. The third-order valence-corrected chi connectivity index (χ3v) is 14.2. The summed E-state index contributed by atoms with van der Waals surface area (Å²) in [6.45, 7) is 4.97. The summed E-state index contributed by atoms with van der Waals surface area (Å²) < 4.78 is 5.48. The van der Waals surface area contributed by atoms with Crippen molar-refractivity contribution in [3.63, 3.8) is 0 Å². The van der Waals surface area contributed by atoms with Crippen molar-refractivity contribution in [3.05, 3.63) is 0 Å². The van der Waals surface area contributed by atoms with Crippen molar-refractivity contribution in [2.24, 2.45) is 0 Å². The van der Waals surface area contributed by atoms with Gasteiger partial charge in [0.15, 0.2) is 0 Å². The minimum atomic E-state index is -0.662. The molecule has 1 amide bonds. The Bertz CT molecular complexity index is 928. The Morgan fingerprint density at radius 3 is 0.938 bits per heavy atom. The molecule has 0 rings (SSSR count). The summed E-state index contributed by atoms with van der Waals surface area (Å²) in [4.78, 5) is 24.5. The van der Waals surface area contributed by atoms with Crippen LogP contribution < -0.4 is 5.32 Å². The Balaban J connectivity index is 3.34. The Kier molecular flexibility index (Phi) is 54.5. The van der Waals surface area contributed by atoms with Gasteiger partial charge in [-0.15, -0.1) is 0 Å². The predicted octanol–water partition coefficient (Wildman–Crippen LogP) is 18.3. The SMILES string of the molecule is CCCCCCCCCCCCCCCCC(=O)OCCCCCCCCCCCCCCCCCCCCCCCCC(=O)NC(CO)C(O)CCCCCCCCCCCCCC. The van der Waals surface area contributed by atoms with E-state index in [1.807, 2.05) is 0 Å². The van der Waals surface area contributed by atoms with Crippen LogP contribution in [-0.4, -0.2) is 47.4 Å². The van der Waals surface area contributed by atoms with Crippen LogP contribution >= 0.6 is 0 Å². The average molecular weight is 921 g/mol. The number of amides is 1. The van der Waals surface area contributed by atoms with Crippen molar-refractivity contribution in [3.8, 4) is 0 Å². The molecule has 0 saturated carbocycles. The van der Waals surface area contributed by atoms with Crippen molar-refractivity contribution in [1.29, 1.82) is 0 Å². The molecule has 0 spiro atoms. The zero-order chi connectivity index (χ0) is 47.2. The minimum absolute atomic E-state index is 0.0163. The van der Waals surface area contributed by atoms with Crippen molar-refractivity contribution < 1.29 is 24.5 Å². The van der Waals surface area contributed by atoms with Crippen LogP contribution in [0.4, 0.5) is 0 Å². The molecule has 6 heteroatoms. The van der Waals surface area contributed by atoms with E-state index in [-0.39, 0.29) is 18.5 Å². The van der Waals surface area contributed by atoms with Gasteiger partial charge in [0.1, 0.15) is 0 Å².